The predicted octanol–water partition coefficient (Wildman–Crippen LogP) is 4.72. The molecule has 35 heavy (non-hydrogen) atoms. The number of nitrogens with zero attached hydrogens (tertiary/aromatic N) is 1. The summed E-state index contributed by atoms with van der Waals surface area (Å²) in [6.45, 7) is 3.42. The van der Waals surface area contributed by atoms with Crippen molar-refractivity contribution in [1.82, 2.24) is 4.72 Å². The average Bonchev–Trinajstić information content (AvgIpc) is 3.38. The van der Waals surface area contributed by atoms with Gasteiger partial charge in [0.15, 0.2) is 0 Å². The minimum absolute atomic E-state index is 0.0154. The largest absolute Gasteiger partial charge is 0.320 e. The molecule has 1 heterocycles. The third-order valence-corrected chi connectivity index (χ3v) is 8.61. The van der Waals surface area contributed by atoms with Crippen molar-refractivity contribution in [2.24, 2.45) is 11.7 Å². The predicted molar refractivity (Wildman–Crippen MR) is 140 cm³/mol. The number of nitrogens with two attached hydrogens (primary N) is 1. The molecule has 2 atom stereocenters. The Labute approximate surface area is 215 Å². The highest BCUT2D eigenvalue weighted by Crippen LogP contribution is 2.33. The molecule has 3 aromatic rings. The Bertz CT molecular complexity index is 1270. The summed E-state index contributed by atoms with van der Waals surface area (Å²) in [5, 5.41) is 2.03. The van der Waals surface area contributed by atoms with Crippen LogP contribution in [-0.2, 0) is 19.6 Å². The second kappa shape index (κ2) is 11.8. The Balaban J connectivity index is 1.98. The fraction of sp³-hybridized carbons (Fsp3) is 0.280. The smallest absolute Gasteiger partial charge is 0.273 e. The zero-order chi connectivity index (χ0) is 25.6. The summed E-state index contributed by atoms with van der Waals surface area (Å²) in [6.07, 6.45) is 0.958. The summed E-state index contributed by atoms with van der Waals surface area (Å²) in [6, 6.07) is 16.6. The van der Waals surface area contributed by atoms with E-state index in [9.17, 15) is 18.0 Å². The summed E-state index contributed by atoms with van der Waals surface area (Å²) < 4.78 is 27.2. The molecule has 1 unspecified atom stereocenters. The second-order valence-corrected chi connectivity index (χ2v) is 11.5. The molecule has 10 heteroatoms. The van der Waals surface area contributed by atoms with Crippen molar-refractivity contribution >= 4 is 50.5 Å². The van der Waals surface area contributed by atoms with Gasteiger partial charge in [0.25, 0.3) is 15.9 Å². The van der Waals surface area contributed by atoms with Crippen LogP contribution < -0.4 is 15.4 Å². The van der Waals surface area contributed by atoms with Gasteiger partial charge in [-0.05, 0) is 46.7 Å². The number of sulfonamides is 1. The normalized spacial score (nSPS) is 13.1. The maximum absolute atomic E-state index is 13.4. The first-order valence-electron chi connectivity index (χ1n) is 11.1. The van der Waals surface area contributed by atoms with Crippen LogP contribution in [0.1, 0.15) is 43.9 Å². The monoisotopic (exact) mass is 533 g/mol. The molecule has 3 N–H and O–H groups in total. The molecule has 0 saturated carbocycles. The minimum atomic E-state index is -4.04. The van der Waals surface area contributed by atoms with E-state index >= 15 is 0 Å². The van der Waals surface area contributed by atoms with Gasteiger partial charge in [0.05, 0.1) is 6.04 Å². The minimum Gasteiger partial charge on any atom is -0.320 e. The molecular weight excluding hydrogens is 506 g/mol. The Morgan fingerprint density at radius 3 is 2.46 bits per heavy atom. The zero-order valence-electron chi connectivity index (χ0n) is 19.5. The van der Waals surface area contributed by atoms with Crippen molar-refractivity contribution in [3.05, 3.63) is 82.2 Å². The van der Waals surface area contributed by atoms with Crippen molar-refractivity contribution in [3.63, 3.8) is 0 Å². The van der Waals surface area contributed by atoms with Crippen molar-refractivity contribution in [3.8, 4) is 0 Å². The van der Waals surface area contributed by atoms with Gasteiger partial charge in [-0.2, -0.15) is 0 Å². The maximum Gasteiger partial charge on any atom is 0.273 e. The van der Waals surface area contributed by atoms with Gasteiger partial charge >= 0.3 is 0 Å². The van der Waals surface area contributed by atoms with Crippen LogP contribution >= 0.6 is 22.9 Å². The molecule has 0 radical (unpaired) electrons. The van der Waals surface area contributed by atoms with Crippen LogP contribution in [0.5, 0.6) is 0 Å². The van der Waals surface area contributed by atoms with Crippen LogP contribution in [0.3, 0.4) is 0 Å². The van der Waals surface area contributed by atoms with Gasteiger partial charge < -0.3 is 10.6 Å². The van der Waals surface area contributed by atoms with Gasteiger partial charge in [-0.3, -0.25) is 9.59 Å². The second-order valence-electron chi connectivity index (χ2n) is 8.25. The number of nitrogens with one attached hydrogen (secondary N) is 1. The number of carbonyl (C=O) groups excluding carboxylic acids is 2. The van der Waals surface area contributed by atoms with E-state index in [0.717, 1.165) is 23.3 Å². The number of halogens is 1. The molecule has 0 fully saturated rings. The number of hydrogen-bond donors (Lipinski definition) is 2. The lowest BCUT2D eigenvalue weighted by atomic mass is 9.96. The van der Waals surface area contributed by atoms with Crippen LogP contribution in [0.4, 0.5) is 5.69 Å². The quantitative estimate of drug-likeness (QED) is 0.391. The van der Waals surface area contributed by atoms with Crippen molar-refractivity contribution in [2.45, 2.75) is 36.9 Å². The lowest BCUT2D eigenvalue weighted by Gasteiger charge is -2.28. The van der Waals surface area contributed by atoms with Crippen molar-refractivity contribution in [2.75, 3.05) is 11.4 Å². The molecular formula is C25H28ClN3O4S2. The third kappa shape index (κ3) is 6.91. The number of carbonyl (C=O) groups is 2. The molecule has 0 aliphatic rings. The maximum atomic E-state index is 13.4. The van der Waals surface area contributed by atoms with E-state index < -0.39 is 28.5 Å². The van der Waals surface area contributed by atoms with Crippen LogP contribution in [0, 0.1) is 5.92 Å². The number of thiophene rings is 1. The van der Waals surface area contributed by atoms with E-state index in [2.05, 4.69) is 4.72 Å². The molecule has 0 bridgehead atoms. The van der Waals surface area contributed by atoms with E-state index in [1.165, 1.54) is 11.0 Å². The Kier molecular flexibility index (Phi) is 9.07. The van der Waals surface area contributed by atoms with Gasteiger partial charge in [0.1, 0.15) is 10.8 Å². The van der Waals surface area contributed by atoms with Gasteiger partial charge in [-0.15, -0.1) is 11.3 Å². The van der Waals surface area contributed by atoms with E-state index in [1.807, 2.05) is 44.2 Å². The number of hydrogen-bond acceptors (Lipinski definition) is 6. The molecule has 0 aliphatic carbocycles. The third-order valence-electron chi connectivity index (χ3n) is 5.61. The Morgan fingerprint density at radius 2 is 1.83 bits per heavy atom. The lowest BCUT2D eigenvalue weighted by molar-refractivity contribution is -0.123. The first-order valence-corrected chi connectivity index (χ1v) is 13.9. The van der Waals surface area contributed by atoms with E-state index in [4.69, 9.17) is 17.3 Å². The van der Waals surface area contributed by atoms with Crippen molar-refractivity contribution < 1.29 is 18.0 Å². The Hall–Kier alpha value is -2.72. The Morgan fingerprint density at radius 1 is 1.11 bits per heavy atom. The summed E-state index contributed by atoms with van der Waals surface area (Å²) in [4.78, 5) is 27.5. The lowest BCUT2D eigenvalue weighted by Crippen LogP contribution is -2.43. The van der Waals surface area contributed by atoms with E-state index in [0.29, 0.717) is 16.3 Å². The van der Waals surface area contributed by atoms with Crippen LogP contribution in [0.2, 0.25) is 5.02 Å². The molecule has 0 aliphatic heterocycles. The van der Waals surface area contributed by atoms with E-state index in [1.54, 1.807) is 29.6 Å². The summed E-state index contributed by atoms with van der Waals surface area (Å²) in [5.41, 5.74) is 8.31. The molecule has 1 aromatic heterocycles. The van der Waals surface area contributed by atoms with Crippen LogP contribution in [0.25, 0.3) is 0 Å². The standard InChI is InChI=1S/C25H28ClN3O4S2/c1-3-17(2)14-23(31)29(16-22(30)28-35(32,33)24-10-7-13-34-24)21-12-11-19(26)15-20(21)25(27)18-8-5-4-6-9-18/h4-13,15,17,25H,3,14,16,27H2,1-2H3,(H,28,30)/t17-,25?/m0/s1. The first kappa shape index (κ1) is 26.9. The molecule has 0 spiro atoms. The van der Waals surface area contributed by atoms with Gasteiger partial charge in [0.2, 0.25) is 5.91 Å². The topological polar surface area (TPSA) is 110 Å². The fourth-order valence-electron chi connectivity index (χ4n) is 3.51. The number of rotatable bonds is 10. The molecule has 3 rings (SSSR count). The molecule has 2 aromatic carbocycles. The molecule has 2 amide bonds. The van der Waals surface area contributed by atoms with Gasteiger partial charge in [0, 0.05) is 17.1 Å². The van der Waals surface area contributed by atoms with Gasteiger partial charge in [-0.25, -0.2) is 13.1 Å². The summed E-state index contributed by atoms with van der Waals surface area (Å²) in [7, 11) is -4.04. The van der Waals surface area contributed by atoms with Crippen LogP contribution in [-0.4, -0.2) is 26.8 Å². The number of anilines is 1. The first-order chi connectivity index (χ1) is 16.6. The van der Waals surface area contributed by atoms with Crippen LogP contribution in [0.15, 0.2) is 70.3 Å². The zero-order valence-corrected chi connectivity index (χ0v) is 21.9. The number of benzene rings is 2. The highest BCUT2D eigenvalue weighted by Gasteiger charge is 2.27. The van der Waals surface area contributed by atoms with E-state index in [-0.39, 0.29) is 22.5 Å². The summed E-state index contributed by atoms with van der Waals surface area (Å²) in [5.74, 6) is -1.07. The molecule has 7 nitrogen and oxygen atoms in total. The summed E-state index contributed by atoms with van der Waals surface area (Å²) >= 11 is 7.27. The number of amides is 2. The highest BCUT2D eigenvalue weighted by molar-refractivity contribution is 7.92. The highest BCUT2D eigenvalue weighted by atomic mass is 35.5. The SMILES string of the molecule is CC[C@H](C)CC(=O)N(CC(=O)NS(=O)(=O)c1cccs1)c1ccc(Cl)cc1C(N)c1ccccc1. The fourth-order valence-corrected chi connectivity index (χ4v) is 5.66. The molecule has 186 valence electrons. The van der Waals surface area contributed by atoms with Crippen molar-refractivity contribution in [1.29, 1.82) is 0 Å². The van der Waals surface area contributed by atoms with Gasteiger partial charge in [-0.1, -0.05) is 68.3 Å². The average molecular weight is 534 g/mol. The molecule has 0 saturated heterocycles.